The third-order valence-corrected chi connectivity index (χ3v) is 14.1. The van der Waals surface area contributed by atoms with E-state index in [1.54, 1.807) is 190 Å². The second-order valence-electron chi connectivity index (χ2n) is 21.3. The molecule has 0 saturated carbocycles. The van der Waals surface area contributed by atoms with Crippen LogP contribution in [0.25, 0.3) is 5.52 Å². The van der Waals surface area contributed by atoms with E-state index in [1.165, 1.54) is 66.6 Å². The highest BCUT2D eigenvalue weighted by molar-refractivity contribution is 6.32. The van der Waals surface area contributed by atoms with E-state index in [-0.39, 0.29) is 97.0 Å². The van der Waals surface area contributed by atoms with Gasteiger partial charge in [-0.25, -0.2) is 41.0 Å². The molecule has 12 aromatic rings. The Morgan fingerprint density at radius 3 is 1.39 bits per heavy atom. The quantitative estimate of drug-likeness (QED) is 0.0129. The number of halogens is 5. The van der Waals surface area contributed by atoms with Crippen LogP contribution >= 0.6 is 0 Å². The second kappa shape index (κ2) is 41.4. The molecule has 29 heteroatoms. The molecule has 0 saturated heterocycles. The molecule has 526 valence electrons. The smallest absolute Gasteiger partial charge is 0.396 e. The molecule has 2 unspecified atom stereocenters. The Morgan fingerprint density at radius 2 is 0.932 bits per heavy atom. The third-order valence-electron chi connectivity index (χ3n) is 14.1. The zero-order valence-electron chi connectivity index (χ0n) is 55.6. The highest BCUT2D eigenvalue weighted by atomic mass is 19.1. The van der Waals surface area contributed by atoms with Crippen LogP contribution in [0.15, 0.2) is 236 Å². The van der Waals surface area contributed by atoms with E-state index in [4.69, 9.17) is 15.7 Å². The summed E-state index contributed by atoms with van der Waals surface area (Å²) in [7, 11) is 0. The molecule has 0 aliphatic rings. The number of oxime groups is 1. The number of benzene rings is 5. The number of nitrogens with zero attached hydrogens (tertiary/aromatic N) is 14. The number of fused-ring (bicyclic) bond motifs is 1. The zero-order chi connectivity index (χ0) is 73.7. The molecule has 4 N–H and O–H groups in total. The van der Waals surface area contributed by atoms with Crippen LogP contribution in [0.5, 0.6) is 0 Å². The fourth-order valence-electron chi connectivity index (χ4n) is 9.11. The maximum Gasteiger partial charge on any atom is 0.396 e. The molecule has 0 fully saturated rings. The van der Waals surface area contributed by atoms with Gasteiger partial charge in [0, 0.05) is 69.8 Å². The number of hydrogen-bond donors (Lipinski definition) is 3. The van der Waals surface area contributed by atoms with E-state index in [1.807, 2.05) is 0 Å². The molecular formula is C74H67F5N16O8. The summed E-state index contributed by atoms with van der Waals surface area (Å²) < 4.78 is 78.8. The van der Waals surface area contributed by atoms with Crippen LogP contribution in [0.4, 0.5) is 22.0 Å². The normalized spacial score (nSPS) is 11.1. The van der Waals surface area contributed by atoms with Crippen molar-refractivity contribution < 1.29 is 60.6 Å². The predicted molar refractivity (Wildman–Crippen MR) is 366 cm³/mol. The lowest BCUT2D eigenvalue weighted by Gasteiger charge is -2.17. The molecule has 0 aliphatic heterocycles. The largest absolute Gasteiger partial charge is 0.460 e. The number of nitrogens with one attached hydrogen (secondary N) is 1. The molecule has 24 nitrogen and oxygen atoms in total. The Morgan fingerprint density at radius 1 is 0.495 bits per heavy atom. The summed E-state index contributed by atoms with van der Waals surface area (Å²) >= 11 is 0. The minimum absolute atomic E-state index is 0.00532. The maximum absolute atomic E-state index is 13.8. The summed E-state index contributed by atoms with van der Waals surface area (Å²) in [6.45, 7) is 5.13. The van der Waals surface area contributed by atoms with Crippen molar-refractivity contribution in [1.29, 1.82) is 0 Å². The summed E-state index contributed by atoms with van der Waals surface area (Å²) in [5.74, 6) is -4.27. The number of carbonyl (C=O) groups excluding carboxylic acids is 5. The topological polar surface area (TPSA) is 334 Å². The highest BCUT2D eigenvalue weighted by Gasteiger charge is 2.24. The van der Waals surface area contributed by atoms with Crippen molar-refractivity contribution in [1.82, 2.24) is 70.9 Å². The average Bonchev–Trinajstić information content (AvgIpc) is 1.64. The number of ether oxygens (including phenoxy) is 2. The molecule has 103 heavy (non-hydrogen) atoms. The van der Waals surface area contributed by atoms with E-state index in [0.29, 0.717) is 68.2 Å². The molecule has 0 spiro atoms. The van der Waals surface area contributed by atoms with Gasteiger partial charge in [0.2, 0.25) is 5.82 Å². The van der Waals surface area contributed by atoms with Crippen LogP contribution in [0, 0.1) is 29.1 Å². The summed E-state index contributed by atoms with van der Waals surface area (Å²) in [5, 5.41) is 55.9. The minimum Gasteiger partial charge on any atom is -0.460 e. The predicted octanol–water partition coefficient (Wildman–Crippen LogP) is 10.8. The lowest BCUT2D eigenvalue weighted by molar-refractivity contribution is -0.154. The van der Waals surface area contributed by atoms with E-state index in [0.717, 1.165) is 0 Å². The van der Waals surface area contributed by atoms with Gasteiger partial charge in [-0.15, -0.1) is 15.3 Å². The van der Waals surface area contributed by atoms with Gasteiger partial charge in [-0.1, -0.05) is 96.2 Å². The van der Waals surface area contributed by atoms with Gasteiger partial charge in [0.15, 0.2) is 11.6 Å². The van der Waals surface area contributed by atoms with E-state index < -0.39 is 29.7 Å². The molecular weight excluding hydrogens is 1340 g/mol. The Bertz CT molecular complexity index is 4700. The fraction of sp³-hybridized carbons (Fsp3) is 0.162. The first-order valence-electron chi connectivity index (χ1n) is 31.5. The van der Waals surface area contributed by atoms with Crippen molar-refractivity contribution in [2.24, 2.45) is 10.9 Å². The van der Waals surface area contributed by atoms with Crippen LogP contribution in [-0.4, -0.2) is 119 Å². The van der Waals surface area contributed by atoms with Gasteiger partial charge >= 0.3 is 17.8 Å². The van der Waals surface area contributed by atoms with Crippen molar-refractivity contribution in [3.8, 4) is 0 Å². The van der Waals surface area contributed by atoms with Crippen LogP contribution in [0.3, 0.4) is 0 Å². The Hall–Kier alpha value is -13.1. The summed E-state index contributed by atoms with van der Waals surface area (Å²) in [4.78, 5) is 61.9. The van der Waals surface area contributed by atoms with Gasteiger partial charge in [-0.3, -0.25) is 14.4 Å². The SMILES string of the molecule is CC(=O)c1cccnn1.CCOC(=O)C(=O)NC(Cc1ccccc1F)c1cccnn1.CCOC(=O)c1nc(Cc2ccccc2F)c2cccnn12.NC(Cc1ccccc1F)c1cccnn1.O/N=C(\Cc1ccccc1F)c1cccnn1.O=C(Cc1ccccc1F)c1cccnn1. The lowest BCUT2D eigenvalue weighted by atomic mass is 10.0. The van der Waals surface area contributed by atoms with Gasteiger partial charge in [0.1, 0.15) is 51.9 Å². The van der Waals surface area contributed by atoms with Gasteiger partial charge in [-0.2, -0.15) is 40.8 Å². The number of nitrogens with two attached hydrogens (primary N) is 1. The van der Waals surface area contributed by atoms with E-state index in [9.17, 15) is 45.9 Å². The summed E-state index contributed by atoms with van der Waals surface area (Å²) in [5.41, 5.74) is 12.0. The zero-order valence-corrected chi connectivity index (χ0v) is 55.6. The third kappa shape index (κ3) is 24.7. The number of imidazole rings is 1. The highest BCUT2D eigenvalue weighted by Crippen LogP contribution is 2.22. The van der Waals surface area contributed by atoms with Crippen molar-refractivity contribution in [2.45, 2.75) is 65.0 Å². The van der Waals surface area contributed by atoms with Gasteiger partial charge in [0.25, 0.3) is 0 Å². The molecule has 7 aromatic heterocycles. The molecule has 12 rings (SSSR count). The molecule has 5 aromatic carbocycles. The Kier molecular flexibility index (Phi) is 31.1. The van der Waals surface area contributed by atoms with Crippen molar-refractivity contribution in [2.75, 3.05) is 13.2 Å². The maximum atomic E-state index is 13.8. The Labute approximate surface area is 587 Å². The number of Topliss-reactive ketones (excluding diaryl/α,β-unsaturated/α-hetero) is 2. The first kappa shape index (κ1) is 77.3. The standard InChI is InChI=1S/C16H16FN3O3.C16H14FN3O2.C12H10FN3O.C12H12FN3.C12H9FN2O.C6H6N2O/c1-2-23-16(22)15(21)19-14(13-8-5-9-18-20-13)10-11-6-3-4-7-12(11)17;1-2-22-16(21)15-19-13(14-8-5-9-18-20(14)15)10-11-6-3-4-7-12(11)17;13-10-5-2-1-4-9(10)8-12(16-17)11-6-3-7-14-15-11;13-10-5-2-1-4-9(10)8-11(14)12-6-3-7-15-16-12;13-10-5-2-1-4-9(10)8-12(16)11-6-3-7-14-15-11;1-5(9)6-3-2-4-7-8-6/h3-9,14H,2,10H2,1H3,(H,19,21);3-9H,2,10H2,1H3;1-7,17H,8H2;1-7,11H,8,14H2;1-7H,8H2;2-4H,1H3/b;;16-12+;;;. The van der Waals surface area contributed by atoms with Crippen molar-refractivity contribution in [3.05, 3.63) is 328 Å². The molecule has 1 amide bonds. The number of ketones is 2. The second-order valence-corrected chi connectivity index (χ2v) is 21.3. The molecule has 0 bridgehead atoms. The molecule has 7 heterocycles. The molecule has 2 atom stereocenters. The Balaban J connectivity index is 0.000000176. The first-order chi connectivity index (χ1) is 50.0. The number of aromatic nitrogens is 13. The van der Waals surface area contributed by atoms with Crippen LogP contribution in [-0.2, 0) is 51.2 Å². The number of hydrogen-bond acceptors (Lipinski definition) is 22. The number of amides is 1. The number of carbonyl (C=O) groups is 5. The number of rotatable bonds is 19. The van der Waals surface area contributed by atoms with Crippen molar-refractivity contribution >= 4 is 40.6 Å². The minimum atomic E-state index is -0.991. The van der Waals surface area contributed by atoms with E-state index >= 15 is 0 Å². The first-order valence-corrected chi connectivity index (χ1v) is 31.5. The monoisotopic (exact) mass is 1400 g/mol. The summed E-state index contributed by atoms with van der Waals surface area (Å²) in [6, 6.07) is 51.1. The molecule has 0 aliphatic carbocycles. The number of esters is 2. The summed E-state index contributed by atoms with van der Waals surface area (Å²) in [6.07, 6.45) is 10.2. The van der Waals surface area contributed by atoms with Gasteiger partial charge < -0.3 is 25.7 Å². The van der Waals surface area contributed by atoms with E-state index in [2.05, 4.69) is 76.3 Å². The fourth-order valence-corrected chi connectivity index (χ4v) is 9.11. The van der Waals surface area contributed by atoms with Gasteiger partial charge in [-0.05, 0) is 151 Å². The van der Waals surface area contributed by atoms with Gasteiger partial charge in [0.05, 0.1) is 47.9 Å². The van der Waals surface area contributed by atoms with Crippen LogP contribution in [0.2, 0.25) is 0 Å². The average molecular weight is 1400 g/mol. The van der Waals surface area contributed by atoms with Crippen molar-refractivity contribution in [3.63, 3.8) is 0 Å². The molecule has 0 radical (unpaired) electrons. The van der Waals surface area contributed by atoms with Crippen LogP contribution < -0.4 is 11.1 Å². The lowest BCUT2D eigenvalue weighted by Crippen LogP contribution is -2.37. The van der Waals surface area contributed by atoms with Crippen LogP contribution in [0.1, 0.15) is 115 Å².